The van der Waals surface area contributed by atoms with Gasteiger partial charge in [0.25, 0.3) is 5.91 Å². The lowest BCUT2D eigenvalue weighted by atomic mass is 10.0. The molecule has 37 heavy (non-hydrogen) atoms. The molecule has 0 aliphatic rings. The van der Waals surface area contributed by atoms with Crippen LogP contribution in [-0.2, 0) is 28.8 Å². The molecule has 0 unspecified atom stereocenters. The Kier molecular flexibility index (Phi) is 13.1. The maximum Gasteiger partial charge on any atom is 0.303 e. The third kappa shape index (κ3) is 12.9. The molecule has 0 aliphatic heterocycles. The zero-order valence-corrected chi connectivity index (χ0v) is 20.8. The zero-order chi connectivity index (χ0) is 28.0. The minimum absolute atomic E-state index is 0.0894. The number of rotatable bonds is 17. The number of hydrogen-bond donors (Lipinski definition) is 6. The van der Waals surface area contributed by atoms with Gasteiger partial charge in [-0.1, -0.05) is 32.0 Å². The van der Waals surface area contributed by atoms with E-state index in [9.17, 15) is 28.8 Å². The van der Waals surface area contributed by atoms with E-state index in [2.05, 4.69) is 16.0 Å². The number of primary amides is 1. The molecule has 0 saturated heterocycles. The van der Waals surface area contributed by atoms with Gasteiger partial charge in [-0.15, -0.1) is 0 Å². The first-order chi connectivity index (χ1) is 17.4. The monoisotopic (exact) mass is 522 g/mol. The molecule has 0 aromatic heterocycles. The van der Waals surface area contributed by atoms with E-state index in [0.29, 0.717) is 5.75 Å². The van der Waals surface area contributed by atoms with Crippen LogP contribution in [0.15, 0.2) is 30.3 Å². The fraction of sp³-hybridized carbons (Fsp3) is 0.500. The van der Waals surface area contributed by atoms with Crippen LogP contribution in [-0.4, -0.2) is 70.5 Å². The summed E-state index contributed by atoms with van der Waals surface area (Å²) in [5, 5.41) is 25.2. The number of carboxylic acid groups (broad SMARTS) is 2. The summed E-state index contributed by atoms with van der Waals surface area (Å²) in [6.45, 7) is 3.14. The summed E-state index contributed by atoms with van der Waals surface area (Å²) in [5.74, 6) is -5.23. The molecule has 3 atom stereocenters. The van der Waals surface area contributed by atoms with E-state index >= 15 is 0 Å². The maximum atomic E-state index is 13.0. The molecule has 1 aromatic rings. The molecule has 1 rings (SSSR count). The first kappa shape index (κ1) is 30.9. The molecule has 204 valence electrons. The quantitative estimate of drug-likeness (QED) is 0.159. The normalized spacial score (nSPS) is 13.1. The summed E-state index contributed by atoms with van der Waals surface area (Å²) in [5.41, 5.74) is 5.27. The first-order valence-electron chi connectivity index (χ1n) is 11.7. The maximum absolute atomic E-state index is 13.0. The van der Waals surface area contributed by atoms with Gasteiger partial charge in [-0.2, -0.15) is 0 Å². The van der Waals surface area contributed by atoms with Crippen molar-refractivity contribution in [2.24, 2.45) is 11.7 Å². The number of hydrogen-bond acceptors (Lipinski definition) is 7. The summed E-state index contributed by atoms with van der Waals surface area (Å²) in [6, 6.07) is 4.73. The van der Waals surface area contributed by atoms with Crippen molar-refractivity contribution in [3.05, 3.63) is 30.3 Å². The Morgan fingerprint density at radius 2 is 1.32 bits per heavy atom. The number of carboxylic acids is 2. The van der Waals surface area contributed by atoms with Crippen molar-refractivity contribution in [3.63, 3.8) is 0 Å². The van der Waals surface area contributed by atoms with Crippen LogP contribution >= 0.6 is 0 Å². The number of nitrogens with one attached hydrogen (secondary N) is 3. The summed E-state index contributed by atoms with van der Waals surface area (Å²) >= 11 is 0. The molecule has 1 aromatic carbocycles. The average Bonchev–Trinajstić information content (AvgIpc) is 2.82. The molecule has 7 N–H and O–H groups in total. The summed E-state index contributed by atoms with van der Waals surface area (Å²) in [6.07, 6.45) is -1.20. The minimum atomic E-state index is -1.29. The number of nitrogens with two attached hydrogens (primary N) is 1. The van der Waals surface area contributed by atoms with E-state index in [-0.39, 0.29) is 25.2 Å². The van der Waals surface area contributed by atoms with Crippen LogP contribution in [0, 0.1) is 5.92 Å². The fourth-order valence-corrected chi connectivity index (χ4v) is 3.24. The number of para-hydroxylation sites is 1. The molecule has 0 bridgehead atoms. The van der Waals surface area contributed by atoms with E-state index in [1.807, 2.05) is 0 Å². The molecule has 0 aliphatic carbocycles. The molecule has 0 spiro atoms. The zero-order valence-electron chi connectivity index (χ0n) is 20.8. The van der Waals surface area contributed by atoms with Gasteiger partial charge in [-0.3, -0.25) is 28.8 Å². The molecule has 13 nitrogen and oxygen atoms in total. The van der Waals surface area contributed by atoms with Crippen LogP contribution in [0.3, 0.4) is 0 Å². The molecule has 13 heteroatoms. The smallest absolute Gasteiger partial charge is 0.303 e. The number of ether oxygens (including phenoxy) is 1. The van der Waals surface area contributed by atoms with E-state index in [0.717, 1.165) is 0 Å². The molecule has 0 saturated carbocycles. The SMILES string of the molecule is CC(C)C[C@H](NC(=O)[C@H](CCC(=O)O)NC(=O)COc1ccccc1)C(=O)N[C@@H](CCC(=O)O)C(N)=O. The number of amides is 4. The highest BCUT2D eigenvalue weighted by Gasteiger charge is 2.30. The second-order valence-electron chi connectivity index (χ2n) is 8.74. The van der Waals surface area contributed by atoms with Gasteiger partial charge >= 0.3 is 11.9 Å². The third-order valence-corrected chi connectivity index (χ3v) is 5.06. The third-order valence-electron chi connectivity index (χ3n) is 5.06. The van der Waals surface area contributed by atoms with Gasteiger partial charge in [0.15, 0.2) is 6.61 Å². The van der Waals surface area contributed by atoms with Gasteiger partial charge in [0, 0.05) is 12.8 Å². The van der Waals surface area contributed by atoms with Crippen molar-refractivity contribution in [1.29, 1.82) is 0 Å². The van der Waals surface area contributed by atoms with Crippen molar-refractivity contribution >= 4 is 35.6 Å². The fourth-order valence-electron chi connectivity index (χ4n) is 3.24. The van der Waals surface area contributed by atoms with Crippen molar-refractivity contribution in [2.45, 2.75) is 64.1 Å². The van der Waals surface area contributed by atoms with Gasteiger partial charge in [-0.05, 0) is 37.3 Å². The lowest BCUT2D eigenvalue weighted by Gasteiger charge is -2.25. The lowest BCUT2D eigenvalue weighted by molar-refractivity contribution is -0.138. The van der Waals surface area contributed by atoms with E-state index in [1.165, 1.54) is 0 Å². The topological polar surface area (TPSA) is 214 Å². The molecule has 4 amide bonds. The standard InChI is InChI=1S/C24H34N4O9/c1-14(2)12-18(24(36)27-16(22(25)34)8-10-20(30)31)28-23(35)17(9-11-21(32)33)26-19(29)13-37-15-6-4-3-5-7-15/h3-7,14,16-18H,8-13H2,1-2H3,(H2,25,34)(H,26,29)(H,27,36)(H,28,35)(H,30,31)(H,32,33)/t16-,17-,18-/m0/s1. The van der Waals surface area contributed by atoms with Crippen LogP contribution in [0.25, 0.3) is 0 Å². The number of benzene rings is 1. The molecule has 0 radical (unpaired) electrons. The van der Waals surface area contributed by atoms with Gasteiger partial charge in [0.05, 0.1) is 0 Å². The van der Waals surface area contributed by atoms with Crippen molar-refractivity contribution in [1.82, 2.24) is 16.0 Å². The molecule has 0 heterocycles. The Bertz CT molecular complexity index is 953. The highest BCUT2D eigenvalue weighted by atomic mass is 16.5. The lowest BCUT2D eigenvalue weighted by Crippen LogP contribution is -2.57. The Morgan fingerprint density at radius 1 is 0.811 bits per heavy atom. The Labute approximate surface area is 214 Å². The second-order valence-corrected chi connectivity index (χ2v) is 8.74. The molecule has 0 fully saturated rings. The minimum Gasteiger partial charge on any atom is -0.484 e. The van der Waals surface area contributed by atoms with Crippen LogP contribution in [0.1, 0.15) is 46.0 Å². The average molecular weight is 523 g/mol. The Morgan fingerprint density at radius 3 is 1.84 bits per heavy atom. The van der Waals surface area contributed by atoms with Gasteiger partial charge in [-0.25, -0.2) is 0 Å². The molecular formula is C24H34N4O9. The Balaban J connectivity index is 2.92. The van der Waals surface area contributed by atoms with Gasteiger partial charge in [0.1, 0.15) is 23.9 Å². The van der Waals surface area contributed by atoms with Crippen molar-refractivity contribution < 1.29 is 43.7 Å². The predicted octanol–water partition coefficient (Wildman–Crippen LogP) is -0.219. The second kappa shape index (κ2) is 15.8. The van der Waals surface area contributed by atoms with Crippen LogP contribution in [0.5, 0.6) is 5.75 Å². The summed E-state index contributed by atoms with van der Waals surface area (Å²) in [4.78, 5) is 71.8. The van der Waals surface area contributed by atoms with Gasteiger partial charge in [0.2, 0.25) is 17.7 Å². The summed E-state index contributed by atoms with van der Waals surface area (Å²) in [7, 11) is 0. The summed E-state index contributed by atoms with van der Waals surface area (Å²) < 4.78 is 5.34. The highest BCUT2D eigenvalue weighted by molar-refractivity contribution is 5.94. The van der Waals surface area contributed by atoms with Gasteiger partial charge < -0.3 is 36.6 Å². The van der Waals surface area contributed by atoms with Crippen LogP contribution in [0.2, 0.25) is 0 Å². The number of aliphatic carboxylic acids is 2. The first-order valence-corrected chi connectivity index (χ1v) is 11.7. The van der Waals surface area contributed by atoms with E-state index < -0.39 is 73.1 Å². The van der Waals surface area contributed by atoms with Crippen molar-refractivity contribution in [2.75, 3.05) is 6.61 Å². The number of carbonyl (C=O) groups is 6. The molecular weight excluding hydrogens is 488 g/mol. The number of carbonyl (C=O) groups excluding carboxylic acids is 4. The van der Waals surface area contributed by atoms with Crippen molar-refractivity contribution in [3.8, 4) is 5.75 Å². The highest BCUT2D eigenvalue weighted by Crippen LogP contribution is 2.10. The van der Waals surface area contributed by atoms with Crippen LogP contribution in [0.4, 0.5) is 0 Å². The Hall–Kier alpha value is -4.16. The van der Waals surface area contributed by atoms with E-state index in [1.54, 1.807) is 44.2 Å². The van der Waals surface area contributed by atoms with Crippen LogP contribution < -0.4 is 26.4 Å². The largest absolute Gasteiger partial charge is 0.484 e. The predicted molar refractivity (Wildman–Crippen MR) is 130 cm³/mol. The van der Waals surface area contributed by atoms with E-state index in [4.69, 9.17) is 20.7 Å².